The molecule has 0 fully saturated rings. The van der Waals surface area contributed by atoms with Gasteiger partial charge < -0.3 is 5.32 Å². The van der Waals surface area contributed by atoms with Crippen LogP contribution in [0.5, 0.6) is 0 Å². The molecule has 1 heterocycles. The predicted octanol–water partition coefficient (Wildman–Crippen LogP) is 1.26. The highest BCUT2D eigenvalue weighted by Crippen LogP contribution is 2.25. The summed E-state index contributed by atoms with van der Waals surface area (Å²) in [7, 11) is -3.43. The summed E-state index contributed by atoms with van der Waals surface area (Å²) in [5.41, 5.74) is 1.58. The average molecular weight is 268 g/mol. The maximum absolute atomic E-state index is 11.9. The van der Waals surface area contributed by atoms with E-state index in [1.165, 1.54) is 6.07 Å². The van der Waals surface area contributed by atoms with Gasteiger partial charge in [0.1, 0.15) is 0 Å². The molecule has 0 saturated heterocycles. The molecule has 0 saturated carbocycles. The molecule has 0 aliphatic carbocycles. The van der Waals surface area contributed by atoms with Crippen molar-refractivity contribution in [3.63, 3.8) is 0 Å². The van der Waals surface area contributed by atoms with E-state index >= 15 is 0 Å². The van der Waals surface area contributed by atoms with E-state index in [0.29, 0.717) is 25.1 Å². The Hall–Kier alpha value is -1.40. The standard InChI is InChI=1S/C12H16N2O3S/c1-2-7-13-18(16,17)10-4-5-11-9(8-10)3-6-12(15)14-11/h4-5,8,13H,2-3,6-7H2,1H3,(H,14,15). The Bertz CT molecular complexity index is 567. The molecular weight excluding hydrogens is 252 g/mol. The van der Waals surface area contributed by atoms with E-state index in [2.05, 4.69) is 10.0 Å². The van der Waals surface area contributed by atoms with Gasteiger partial charge in [-0.15, -0.1) is 0 Å². The largest absolute Gasteiger partial charge is 0.326 e. The van der Waals surface area contributed by atoms with E-state index < -0.39 is 10.0 Å². The number of sulfonamides is 1. The SMILES string of the molecule is CCCNS(=O)(=O)c1ccc2c(c1)CCC(=O)N2. The lowest BCUT2D eigenvalue weighted by molar-refractivity contribution is -0.116. The molecule has 0 aromatic heterocycles. The van der Waals surface area contributed by atoms with E-state index in [4.69, 9.17) is 0 Å². The molecule has 2 N–H and O–H groups in total. The fourth-order valence-corrected chi connectivity index (χ4v) is 3.03. The maximum Gasteiger partial charge on any atom is 0.240 e. The molecule has 0 bridgehead atoms. The van der Waals surface area contributed by atoms with Gasteiger partial charge in [0.15, 0.2) is 0 Å². The normalized spacial score (nSPS) is 15.1. The summed E-state index contributed by atoms with van der Waals surface area (Å²) < 4.78 is 26.4. The van der Waals surface area contributed by atoms with Gasteiger partial charge in [-0.05, 0) is 36.6 Å². The third-order valence-electron chi connectivity index (χ3n) is 2.82. The number of amides is 1. The summed E-state index contributed by atoms with van der Waals surface area (Å²) in [6.07, 6.45) is 1.73. The number of carbonyl (C=O) groups is 1. The van der Waals surface area contributed by atoms with Crippen molar-refractivity contribution < 1.29 is 13.2 Å². The van der Waals surface area contributed by atoms with Gasteiger partial charge in [0, 0.05) is 18.7 Å². The number of nitrogens with one attached hydrogen (secondary N) is 2. The number of rotatable bonds is 4. The molecule has 18 heavy (non-hydrogen) atoms. The Labute approximate surface area is 107 Å². The highest BCUT2D eigenvalue weighted by atomic mass is 32.2. The van der Waals surface area contributed by atoms with Crippen molar-refractivity contribution in [3.8, 4) is 0 Å². The second-order valence-electron chi connectivity index (χ2n) is 4.26. The lowest BCUT2D eigenvalue weighted by Crippen LogP contribution is -2.25. The fourth-order valence-electron chi connectivity index (χ4n) is 1.85. The van der Waals surface area contributed by atoms with Crippen LogP contribution in [0.2, 0.25) is 0 Å². The van der Waals surface area contributed by atoms with Crippen LogP contribution in [0.3, 0.4) is 0 Å². The van der Waals surface area contributed by atoms with Crippen LogP contribution < -0.4 is 10.0 Å². The van der Waals surface area contributed by atoms with Gasteiger partial charge in [0.05, 0.1) is 4.90 Å². The van der Waals surface area contributed by atoms with Gasteiger partial charge in [-0.3, -0.25) is 4.79 Å². The van der Waals surface area contributed by atoms with Crippen LogP contribution in [0.4, 0.5) is 5.69 Å². The molecular formula is C12H16N2O3S. The topological polar surface area (TPSA) is 75.3 Å². The van der Waals surface area contributed by atoms with Crippen LogP contribution in [0.15, 0.2) is 23.1 Å². The first kappa shape index (κ1) is 13.0. The molecule has 0 unspecified atom stereocenters. The monoisotopic (exact) mass is 268 g/mol. The second kappa shape index (κ2) is 5.07. The van der Waals surface area contributed by atoms with Gasteiger partial charge in [-0.1, -0.05) is 6.92 Å². The highest BCUT2D eigenvalue weighted by molar-refractivity contribution is 7.89. The van der Waals surface area contributed by atoms with Gasteiger partial charge in [-0.2, -0.15) is 0 Å². The predicted molar refractivity (Wildman–Crippen MR) is 68.9 cm³/mol. The van der Waals surface area contributed by atoms with Crippen molar-refractivity contribution in [2.75, 3.05) is 11.9 Å². The van der Waals surface area contributed by atoms with Crippen molar-refractivity contribution >= 4 is 21.6 Å². The lowest BCUT2D eigenvalue weighted by atomic mass is 10.0. The Kier molecular flexibility index (Phi) is 3.68. The second-order valence-corrected chi connectivity index (χ2v) is 6.03. The number of hydrogen-bond donors (Lipinski definition) is 2. The third kappa shape index (κ3) is 2.70. The Balaban J connectivity index is 2.29. The lowest BCUT2D eigenvalue weighted by Gasteiger charge is -2.17. The summed E-state index contributed by atoms with van der Waals surface area (Å²) in [6, 6.07) is 4.79. The van der Waals surface area contributed by atoms with Gasteiger partial charge >= 0.3 is 0 Å². The summed E-state index contributed by atoms with van der Waals surface area (Å²) >= 11 is 0. The minimum Gasteiger partial charge on any atom is -0.326 e. The minimum atomic E-state index is -3.43. The molecule has 1 aliphatic rings. The zero-order chi connectivity index (χ0) is 13.2. The van der Waals surface area contributed by atoms with Crippen LogP contribution in [-0.2, 0) is 21.2 Å². The summed E-state index contributed by atoms with van der Waals surface area (Å²) in [4.78, 5) is 11.5. The smallest absolute Gasteiger partial charge is 0.240 e. The number of aryl methyl sites for hydroxylation is 1. The molecule has 1 aromatic rings. The summed E-state index contributed by atoms with van der Waals surface area (Å²) in [5.74, 6) is -0.0257. The average Bonchev–Trinajstić information content (AvgIpc) is 2.35. The number of fused-ring (bicyclic) bond motifs is 1. The molecule has 0 radical (unpaired) electrons. The molecule has 5 nitrogen and oxygen atoms in total. The first-order valence-electron chi connectivity index (χ1n) is 5.95. The maximum atomic E-state index is 11.9. The molecule has 0 atom stereocenters. The molecule has 2 rings (SSSR count). The molecule has 6 heteroatoms. The van der Waals surface area contributed by atoms with Crippen molar-refractivity contribution in [2.45, 2.75) is 31.1 Å². The van der Waals surface area contributed by atoms with Crippen LogP contribution >= 0.6 is 0 Å². The van der Waals surface area contributed by atoms with Crippen LogP contribution in [0.25, 0.3) is 0 Å². The van der Waals surface area contributed by atoms with E-state index in [-0.39, 0.29) is 10.8 Å². The van der Waals surface area contributed by atoms with Gasteiger partial charge in [-0.25, -0.2) is 13.1 Å². The first-order valence-corrected chi connectivity index (χ1v) is 7.43. The fraction of sp³-hybridized carbons (Fsp3) is 0.417. The van der Waals surface area contributed by atoms with E-state index in [9.17, 15) is 13.2 Å². The quantitative estimate of drug-likeness (QED) is 0.863. The zero-order valence-electron chi connectivity index (χ0n) is 10.2. The van der Waals surface area contributed by atoms with E-state index in [0.717, 1.165) is 12.0 Å². The first-order chi connectivity index (χ1) is 8.53. The van der Waals surface area contributed by atoms with Crippen LogP contribution in [0.1, 0.15) is 25.3 Å². The minimum absolute atomic E-state index is 0.0257. The number of benzene rings is 1. The Morgan fingerprint density at radius 2 is 2.11 bits per heavy atom. The molecule has 1 amide bonds. The van der Waals surface area contributed by atoms with Crippen molar-refractivity contribution in [1.82, 2.24) is 4.72 Å². The molecule has 1 aromatic carbocycles. The summed E-state index contributed by atoms with van der Waals surface area (Å²) in [5, 5.41) is 2.73. The van der Waals surface area contributed by atoms with Gasteiger partial charge in [0.25, 0.3) is 0 Å². The number of anilines is 1. The molecule has 98 valence electrons. The highest BCUT2D eigenvalue weighted by Gasteiger charge is 2.19. The number of hydrogen-bond acceptors (Lipinski definition) is 3. The van der Waals surface area contributed by atoms with E-state index in [1.807, 2.05) is 6.92 Å². The van der Waals surface area contributed by atoms with Gasteiger partial charge in [0.2, 0.25) is 15.9 Å². The van der Waals surface area contributed by atoms with Crippen molar-refractivity contribution in [2.24, 2.45) is 0 Å². The Morgan fingerprint density at radius 3 is 2.83 bits per heavy atom. The summed E-state index contributed by atoms with van der Waals surface area (Å²) in [6.45, 7) is 2.33. The third-order valence-corrected chi connectivity index (χ3v) is 4.28. The van der Waals surface area contributed by atoms with Crippen molar-refractivity contribution in [3.05, 3.63) is 23.8 Å². The zero-order valence-corrected chi connectivity index (χ0v) is 11.0. The number of carbonyl (C=O) groups excluding carboxylic acids is 1. The van der Waals surface area contributed by atoms with Crippen molar-refractivity contribution in [1.29, 1.82) is 0 Å². The Morgan fingerprint density at radius 1 is 1.33 bits per heavy atom. The van der Waals surface area contributed by atoms with E-state index in [1.54, 1.807) is 12.1 Å². The molecule has 1 aliphatic heterocycles. The van der Waals surface area contributed by atoms with Crippen LogP contribution in [0, 0.1) is 0 Å². The van der Waals surface area contributed by atoms with Crippen LogP contribution in [-0.4, -0.2) is 20.9 Å². The molecule has 0 spiro atoms.